The Bertz CT molecular complexity index is 560. The Morgan fingerprint density at radius 1 is 1.03 bits per heavy atom. The van der Waals surface area contributed by atoms with E-state index in [2.05, 4.69) is 34.0 Å². The highest BCUT2D eigenvalue weighted by Gasteiger charge is 2.42. The zero-order chi connectivity index (χ0) is 22.8. The number of rotatable bonds is 11. The van der Waals surface area contributed by atoms with Gasteiger partial charge in [-0.2, -0.15) is 8.78 Å². The van der Waals surface area contributed by atoms with Gasteiger partial charge in [-0.15, -0.1) is 0 Å². The second-order valence-electron chi connectivity index (χ2n) is 9.31. The average Bonchev–Trinajstić information content (AvgIpc) is 2.62. The number of carbonyl (C=O) groups is 2. The van der Waals surface area contributed by atoms with Crippen molar-refractivity contribution in [2.75, 3.05) is 26.4 Å². The highest BCUT2D eigenvalue weighted by Crippen LogP contribution is 2.45. The van der Waals surface area contributed by atoms with Gasteiger partial charge >= 0.3 is 18.3 Å². The summed E-state index contributed by atoms with van der Waals surface area (Å²) in [7, 11) is 0. The first-order valence-electron chi connectivity index (χ1n) is 10.8. The molecule has 9 heteroatoms. The van der Waals surface area contributed by atoms with Gasteiger partial charge in [0.15, 0.2) is 6.61 Å². The Labute approximate surface area is 178 Å². The molecule has 0 aliphatic heterocycles. The number of unbranched alkanes of at least 4 members (excludes halogenated alkanes) is 1. The van der Waals surface area contributed by atoms with Gasteiger partial charge in [-0.05, 0) is 42.9 Å². The van der Waals surface area contributed by atoms with Crippen LogP contribution in [0.2, 0.25) is 0 Å². The van der Waals surface area contributed by atoms with Crippen LogP contribution in [0, 0.1) is 10.8 Å². The molecule has 176 valence electrons. The number of ether oxygens (including phenoxy) is 3. The molecule has 2 amide bonds. The maximum absolute atomic E-state index is 13.5. The summed E-state index contributed by atoms with van der Waals surface area (Å²) in [5.41, 5.74) is -0.384. The van der Waals surface area contributed by atoms with Crippen LogP contribution in [0.3, 0.4) is 0 Å². The standard InChI is InChI=1S/C21H38F2N2O5/c1-6-8-10-28-17(26)24-14-20(5)12-16(11-19(3,4)13-20)25-18(27)29-15-21(22,23)30-9-7-2/h16H,6-15H2,1-5H3,(H,24,26)(H,25,27). The van der Waals surface area contributed by atoms with Gasteiger partial charge in [0.05, 0.1) is 13.2 Å². The van der Waals surface area contributed by atoms with Gasteiger partial charge in [-0.25, -0.2) is 9.59 Å². The van der Waals surface area contributed by atoms with Crippen molar-refractivity contribution in [1.29, 1.82) is 0 Å². The van der Waals surface area contributed by atoms with Crippen molar-refractivity contribution >= 4 is 12.2 Å². The van der Waals surface area contributed by atoms with Crippen LogP contribution in [-0.4, -0.2) is 50.7 Å². The predicted molar refractivity (Wildman–Crippen MR) is 109 cm³/mol. The van der Waals surface area contributed by atoms with Gasteiger partial charge in [-0.3, -0.25) is 0 Å². The average molecular weight is 437 g/mol. The lowest BCUT2D eigenvalue weighted by molar-refractivity contribution is -0.256. The van der Waals surface area contributed by atoms with Crippen LogP contribution in [0.4, 0.5) is 18.4 Å². The molecular weight excluding hydrogens is 398 g/mol. The molecule has 1 rings (SSSR count). The van der Waals surface area contributed by atoms with Crippen LogP contribution in [0.1, 0.15) is 73.1 Å². The van der Waals surface area contributed by atoms with Crippen LogP contribution in [0.15, 0.2) is 0 Å². The van der Waals surface area contributed by atoms with Gasteiger partial charge in [0.1, 0.15) is 0 Å². The number of hydrogen-bond donors (Lipinski definition) is 2. The molecule has 2 N–H and O–H groups in total. The maximum atomic E-state index is 13.5. The summed E-state index contributed by atoms with van der Waals surface area (Å²) in [4.78, 5) is 23.9. The van der Waals surface area contributed by atoms with E-state index >= 15 is 0 Å². The van der Waals surface area contributed by atoms with Crippen molar-refractivity contribution in [3.8, 4) is 0 Å². The predicted octanol–water partition coefficient (Wildman–Crippen LogP) is 4.84. The number of hydrogen-bond acceptors (Lipinski definition) is 5. The fourth-order valence-electron chi connectivity index (χ4n) is 4.17. The van der Waals surface area contributed by atoms with E-state index in [4.69, 9.17) is 4.74 Å². The molecule has 1 aliphatic rings. The van der Waals surface area contributed by atoms with Crippen LogP contribution in [0.25, 0.3) is 0 Å². The van der Waals surface area contributed by atoms with E-state index in [-0.39, 0.29) is 23.5 Å². The highest BCUT2D eigenvalue weighted by atomic mass is 19.3. The third kappa shape index (κ3) is 10.4. The first kappa shape index (κ1) is 26.4. The fourth-order valence-corrected chi connectivity index (χ4v) is 4.17. The summed E-state index contributed by atoms with van der Waals surface area (Å²) in [5.74, 6) is 0. The Morgan fingerprint density at radius 3 is 2.37 bits per heavy atom. The molecular formula is C21H38F2N2O5. The van der Waals surface area contributed by atoms with E-state index in [1.165, 1.54) is 0 Å². The fraction of sp³-hybridized carbons (Fsp3) is 0.905. The van der Waals surface area contributed by atoms with E-state index < -0.39 is 24.9 Å². The van der Waals surface area contributed by atoms with E-state index in [0.717, 1.165) is 19.3 Å². The molecule has 1 aliphatic carbocycles. The zero-order valence-electron chi connectivity index (χ0n) is 18.9. The summed E-state index contributed by atoms with van der Waals surface area (Å²) in [6, 6.07) is -0.255. The van der Waals surface area contributed by atoms with Gasteiger partial charge in [0.25, 0.3) is 0 Å². The molecule has 0 aromatic carbocycles. The molecule has 1 fully saturated rings. The van der Waals surface area contributed by atoms with Gasteiger partial charge < -0.3 is 24.8 Å². The van der Waals surface area contributed by atoms with E-state index in [1.807, 2.05) is 13.8 Å². The van der Waals surface area contributed by atoms with Gasteiger partial charge in [-0.1, -0.05) is 41.0 Å². The Balaban J connectivity index is 2.56. The zero-order valence-corrected chi connectivity index (χ0v) is 18.9. The molecule has 1 saturated carbocycles. The molecule has 0 heterocycles. The number of amides is 2. The quantitative estimate of drug-likeness (QED) is 0.453. The van der Waals surface area contributed by atoms with Crippen LogP contribution >= 0.6 is 0 Å². The molecule has 2 atom stereocenters. The monoisotopic (exact) mass is 436 g/mol. The Kier molecular flexibility index (Phi) is 10.3. The number of alkyl carbamates (subject to hydrolysis) is 2. The normalized spacial score (nSPS) is 23.5. The van der Waals surface area contributed by atoms with Crippen molar-refractivity contribution in [2.24, 2.45) is 10.8 Å². The molecule has 7 nitrogen and oxygen atoms in total. The number of halogens is 2. The molecule has 0 bridgehead atoms. The molecule has 0 radical (unpaired) electrons. The molecule has 0 aromatic heterocycles. The molecule has 0 spiro atoms. The highest BCUT2D eigenvalue weighted by molar-refractivity contribution is 5.68. The first-order valence-corrected chi connectivity index (χ1v) is 10.8. The minimum atomic E-state index is -3.50. The van der Waals surface area contributed by atoms with Crippen molar-refractivity contribution in [3.63, 3.8) is 0 Å². The number of alkyl halides is 2. The lowest BCUT2D eigenvalue weighted by atomic mass is 9.62. The number of carbonyl (C=O) groups excluding carboxylic acids is 2. The third-order valence-corrected chi connectivity index (χ3v) is 5.04. The maximum Gasteiger partial charge on any atom is 0.407 e. The Hall–Kier alpha value is -1.64. The minimum Gasteiger partial charge on any atom is -0.450 e. The molecule has 30 heavy (non-hydrogen) atoms. The Morgan fingerprint density at radius 2 is 1.73 bits per heavy atom. The van der Waals surface area contributed by atoms with Crippen molar-refractivity contribution in [3.05, 3.63) is 0 Å². The molecule has 0 aromatic rings. The first-order chi connectivity index (χ1) is 13.9. The smallest absolute Gasteiger partial charge is 0.407 e. The minimum absolute atomic E-state index is 0.104. The van der Waals surface area contributed by atoms with Crippen molar-refractivity contribution in [1.82, 2.24) is 10.6 Å². The summed E-state index contributed by atoms with van der Waals surface area (Å²) >= 11 is 0. The summed E-state index contributed by atoms with van der Waals surface area (Å²) in [6.07, 6.45) is -0.546. The SMILES string of the molecule is CCCCOC(=O)NCC1(C)CC(NC(=O)OCC(F)(F)OCCC)CC(C)(C)C1. The number of nitrogens with one attached hydrogen (secondary N) is 2. The van der Waals surface area contributed by atoms with E-state index in [0.29, 0.717) is 32.4 Å². The van der Waals surface area contributed by atoms with E-state index in [9.17, 15) is 18.4 Å². The van der Waals surface area contributed by atoms with Crippen molar-refractivity contribution in [2.45, 2.75) is 85.3 Å². The second kappa shape index (κ2) is 11.7. The lowest BCUT2D eigenvalue weighted by Gasteiger charge is -2.46. The summed E-state index contributed by atoms with van der Waals surface area (Å²) in [5, 5.41) is 5.50. The van der Waals surface area contributed by atoms with Crippen LogP contribution in [-0.2, 0) is 14.2 Å². The van der Waals surface area contributed by atoms with Crippen LogP contribution in [0.5, 0.6) is 0 Å². The lowest BCUT2D eigenvalue weighted by Crippen LogP contribution is -2.50. The van der Waals surface area contributed by atoms with Gasteiger partial charge in [0, 0.05) is 12.6 Å². The van der Waals surface area contributed by atoms with Gasteiger partial charge in [0.2, 0.25) is 0 Å². The third-order valence-electron chi connectivity index (χ3n) is 5.04. The summed E-state index contributed by atoms with van der Waals surface area (Å²) in [6.45, 7) is 9.47. The molecule has 0 saturated heterocycles. The van der Waals surface area contributed by atoms with E-state index in [1.54, 1.807) is 6.92 Å². The van der Waals surface area contributed by atoms with Crippen molar-refractivity contribution < 1.29 is 32.6 Å². The largest absolute Gasteiger partial charge is 0.450 e. The summed E-state index contributed by atoms with van der Waals surface area (Å²) < 4.78 is 41.2. The molecule has 2 unspecified atom stereocenters. The van der Waals surface area contributed by atoms with Crippen LogP contribution < -0.4 is 10.6 Å². The second-order valence-corrected chi connectivity index (χ2v) is 9.31. The topological polar surface area (TPSA) is 85.9 Å².